The van der Waals surface area contributed by atoms with Crippen LogP contribution in [0, 0.1) is 6.92 Å². The third-order valence-electron chi connectivity index (χ3n) is 3.32. The third-order valence-corrected chi connectivity index (χ3v) is 3.32. The molecule has 1 aromatic carbocycles. The molecule has 0 saturated carbocycles. The fraction of sp³-hybridized carbons (Fsp3) is 0.353. The van der Waals surface area contributed by atoms with Gasteiger partial charge in [-0.15, -0.1) is 0 Å². The average Bonchev–Trinajstić information content (AvgIpc) is 2.47. The van der Waals surface area contributed by atoms with Gasteiger partial charge in [0.15, 0.2) is 0 Å². The summed E-state index contributed by atoms with van der Waals surface area (Å²) < 4.78 is 5.29. The Morgan fingerprint density at radius 2 is 2.10 bits per heavy atom. The zero-order valence-electron chi connectivity index (χ0n) is 12.4. The summed E-state index contributed by atoms with van der Waals surface area (Å²) in [5, 5.41) is 3.51. The highest BCUT2D eigenvalue weighted by Crippen LogP contribution is 2.20. The minimum absolute atomic E-state index is 0.229. The van der Waals surface area contributed by atoms with Gasteiger partial charge in [-0.25, -0.2) is 0 Å². The summed E-state index contributed by atoms with van der Waals surface area (Å²) in [6.45, 7) is 5.14. The van der Waals surface area contributed by atoms with Crippen LogP contribution in [0.4, 0.5) is 0 Å². The number of aromatic nitrogens is 1. The molecular formula is C17H22N2O. The number of pyridine rings is 1. The molecule has 1 N–H and O–H groups in total. The number of aryl methyl sites for hydroxylation is 1. The van der Waals surface area contributed by atoms with Gasteiger partial charge in [-0.3, -0.25) is 4.98 Å². The first-order chi connectivity index (χ1) is 9.72. The second kappa shape index (κ2) is 7.06. The van der Waals surface area contributed by atoms with Crippen LogP contribution in [0.2, 0.25) is 0 Å². The lowest BCUT2D eigenvalue weighted by Crippen LogP contribution is -2.24. The normalized spacial score (nSPS) is 12.2. The van der Waals surface area contributed by atoms with Gasteiger partial charge in [-0.1, -0.05) is 19.1 Å². The lowest BCUT2D eigenvalue weighted by atomic mass is 10.0. The fourth-order valence-corrected chi connectivity index (χ4v) is 2.31. The molecule has 3 heteroatoms. The van der Waals surface area contributed by atoms with E-state index in [0.717, 1.165) is 24.4 Å². The van der Waals surface area contributed by atoms with E-state index in [1.807, 2.05) is 24.4 Å². The molecule has 1 unspecified atom stereocenters. The minimum Gasteiger partial charge on any atom is -0.497 e. The van der Waals surface area contributed by atoms with Gasteiger partial charge in [0.05, 0.1) is 18.8 Å². The minimum atomic E-state index is 0.229. The second-order valence-electron chi connectivity index (χ2n) is 4.92. The van der Waals surface area contributed by atoms with Gasteiger partial charge in [-0.2, -0.15) is 0 Å². The monoisotopic (exact) mass is 270 g/mol. The van der Waals surface area contributed by atoms with Crippen LogP contribution in [0.1, 0.15) is 29.8 Å². The van der Waals surface area contributed by atoms with Gasteiger partial charge in [0.1, 0.15) is 5.75 Å². The van der Waals surface area contributed by atoms with Crippen molar-refractivity contribution in [1.82, 2.24) is 10.3 Å². The van der Waals surface area contributed by atoms with Gasteiger partial charge in [0, 0.05) is 6.20 Å². The molecule has 1 atom stereocenters. The molecule has 1 aromatic heterocycles. The zero-order chi connectivity index (χ0) is 14.4. The number of hydrogen-bond acceptors (Lipinski definition) is 3. The van der Waals surface area contributed by atoms with Crippen LogP contribution in [0.25, 0.3) is 0 Å². The number of methoxy groups -OCH3 is 1. The van der Waals surface area contributed by atoms with Gasteiger partial charge in [0.2, 0.25) is 0 Å². The number of benzene rings is 1. The van der Waals surface area contributed by atoms with E-state index in [1.165, 1.54) is 11.1 Å². The van der Waals surface area contributed by atoms with Crippen molar-refractivity contribution in [3.8, 4) is 5.75 Å². The van der Waals surface area contributed by atoms with Crippen LogP contribution in [-0.4, -0.2) is 18.6 Å². The number of ether oxygens (including phenoxy) is 1. The highest BCUT2D eigenvalue weighted by atomic mass is 16.5. The predicted octanol–water partition coefficient (Wildman–Crippen LogP) is 3.29. The average molecular weight is 270 g/mol. The van der Waals surface area contributed by atoms with Crippen molar-refractivity contribution >= 4 is 0 Å². The molecule has 0 aliphatic rings. The SMILES string of the molecule is CCNC(Cc1cccc(OC)c1)c1cc(C)ccn1. The van der Waals surface area contributed by atoms with E-state index in [0.29, 0.717) is 0 Å². The molecule has 3 nitrogen and oxygen atoms in total. The number of nitrogens with one attached hydrogen (secondary N) is 1. The Labute approximate surface area is 121 Å². The highest BCUT2D eigenvalue weighted by molar-refractivity contribution is 5.30. The van der Waals surface area contributed by atoms with Crippen LogP contribution < -0.4 is 10.1 Å². The standard InChI is InChI=1S/C17H22N2O/c1-4-18-17(16-10-13(2)8-9-19-16)12-14-6-5-7-15(11-14)20-3/h5-11,17-18H,4,12H2,1-3H3. The van der Waals surface area contributed by atoms with E-state index in [1.54, 1.807) is 7.11 Å². The van der Waals surface area contributed by atoms with Crippen molar-refractivity contribution in [1.29, 1.82) is 0 Å². The first-order valence-electron chi connectivity index (χ1n) is 7.01. The third kappa shape index (κ3) is 3.81. The molecule has 2 rings (SSSR count). The molecule has 0 aliphatic heterocycles. The van der Waals surface area contributed by atoms with Crippen LogP contribution in [0.5, 0.6) is 5.75 Å². The van der Waals surface area contributed by atoms with Crippen LogP contribution in [0.3, 0.4) is 0 Å². The van der Waals surface area contributed by atoms with E-state index in [9.17, 15) is 0 Å². The van der Waals surface area contributed by atoms with E-state index in [-0.39, 0.29) is 6.04 Å². The van der Waals surface area contributed by atoms with Crippen molar-refractivity contribution in [2.75, 3.05) is 13.7 Å². The number of hydrogen-bond donors (Lipinski definition) is 1. The molecule has 106 valence electrons. The molecule has 20 heavy (non-hydrogen) atoms. The van der Waals surface area contributed by atoms with Crippen LogP contribution in [0.15, 0.2) is 42.6 Å². The summed E-state index contributed by atoms with van der Waals surface area (Å²) >= 11 is 0. The Hall–Kier alpha value is -1.87. The van der Waals surface area contributed by atoms with Gasteiger partial charge in [0.25, 0.3) is 0 Å². The lowest BCUT2D eigenvalue weighted by Gasteiger charge is -2.18. The smallest absolute Gasteiger partial charge is 0.119 e. The first kappa shape index (κ1) is 14.5. The summed E-state index contributed by atoms with van der Waals surface area (Å²) in [6, 6.07) is 12.6. The molecule has 0 saturated heterocycles. The van der Waals surface area contributed by atoms with E-state index in [4.69, 9.17) is 4.74 Å². The largest absolute Gasteiger partial charge is 0.497 e. The summed E-state index contributed by atoms with van der Waals surface area (Å²) in [5.41, 5.74) is 3.58. The summed E-state index contributed by atoms with van der Waals surface area (Å²) in [5.74, 6) is 0.898. The molecule has 0 bridgehead atoms. The van der Waals surface area contributed by atoms with Gasteiger partial charge >= 0.3 is 0 Å². The Morgan fingerprint density at radius 1 is 1.25 bits per heavy atom. The van der Waals surface area contributed by atoms with E-state index >= 15 is 0 Å². The number of likely N-dealkylation sites (N-methyl/N-ethyl adjacent to an activating group) is 1. The van der Waals surface area contributed by atoms with Gasteiger partial charge in [-0.05, 0) is 55.3 Å². The molecule has 1 heterocycles. The molecular weight excluding hydrogens is 248 g/mol. The Morgan fingerprint density at radius 3 is 2.80 bits per heavy atom. The van der Waals surface area contributed by atoms with Crippen molar-refractivity contribution < 1.29 is 4.74 Å². The maximum atomic E-state index is 5.29. The maximum absolute atomic E-state index is 5.29. The van der Waals surface area contributed by atoms with Gasteiger partial charge < -0.3 is 10.1 Å². The maximum Gasteiger partial charge on any atom is 0.119 e. The highest BCUT2D eigenvalue weighted by Gasteiger charge is 2.13. The molecule has 0 amide bonds. The van der Waals surface area contributed by atoms with Crippen molar-refractivity contribution in [3.63, 3.8) is 0 Å². The second-order valence-corrected chi connectivity index (χ2v) is 4.92. The summed E-state index contributed by atoms with van der Waals surface area (Å²) in [6.07, 6.45) is 2.78. The predicted molar refractivity (Wildman–Crippen MR) is 82.1 cm³/mol. The fourth-order valence-electron chi connectivity index (χ4n) is 2.31. The summed E-state index contributed by atoms with van der Waals surface area (Å²) in [7, 11) is 1.70. The number of rotatable bonds is 6. The first-order valence-corrected chi connectivity index (χ1v) is 7.01. The number of nitrogens with zero attached hydrogens (tertiary/aromatic N) is 1. The lowest BCUT2D eigenvalue weighted by molar-refractivity contribution is 0.413. The van der Waals surface area contributed by atoms with Crippen LogP contribution >= 0.6 is 0 Å². The Bertz CT molecular complexity index is 554. The summed E-state index contributed by atoms with van der Waals surface area (Å²) in [4.78, 5) is 4.50. The van der Waals surface area contributed by atoms with Crippen LogP contribution in [-0.2, 0) is 6.42 Å². The van der Waals surface area contributed by atoms with Crippen molar-refractivity contribution in [3.05, 3.63) is 59.4 Å². The zero-order valence-corrected chi connectivity index (χ0v) is 12.4. The van der Waals surface area contributed by atoms with E-state index in [2.05, 4.69) is 42.3 Å². The molecule has 2 aromatic rings. The van der Waals surface area contributed by atoms with Crippen molar-refractivity contribution in [2.45, 2.75) is 26.3 Å². The molecule has 0 aliphatic carbocycles. The Kier molecular flexibility index (Phi) is 5.13. The quantitative estimate of drug-likeness (QED) is 0.874. The van der Waals surface area contributed by atoms with Crippen molar-refractivity contribution in [2.24, 2.45) is 0 Å². The Balaban J connectivity index is 2.20. The molecule has 0 radical (unpaired) electrons. The molecule has 0 fully saturated rings. The van der Waals surface area contributed by atoms with E-state index < -0.39 is 0 Å². The molecule has 0 spiro atoms. The topological polar surface area (TPSA) is 34.1 Å².